The number of hydrogen-bond acceptors (Lipinski definition) is 7. The second-order valence-corrected chi connectivity index (χ2v) is 12.5. The quantitative estimate of drug-likeness (QED) is 0.262. The number of hydrogen-bond donors (Lipinski definition) is 1. The Hall–Kier alpha value is -2.93. The number of nitrogens with one attached hydrogen (secondary N) is 1. The number of morpholine rings is 1. The predicted octanol–water partition coefficient (Wildman–Crippen LogP) is 5.05. The fraction of sp³-hybridized carbons (Fsp3) is 0.222. The van der Waals surface area contributed by atoms with Crippen molar-refractivity contribution in [2.75, 3.05) is 37.4 Å². The third-order valence-electron chi connectivity index (χ3n) is 6.17. The zero-order valence-electron chi connectivity index (χ0n) is 21.2. The summed E-state index contributed by atoms with van der Waals surface area (Å²) in [6.45, 7) is 1.68. The summed E-state index contributed by atoms with van der Waals surface area (Å²) in [4.78, 5) is 13.0. The minimum absolute atomic E-state index is 0.00772. The molecular formula is C27H25Cl2N5O4S2. The second-order valence-electron chi connectivity index (χ2n) is 8.85. The summed E-state index contributed by atoms with van der Waals surface area (Å²) in [5, 5.41) is 12.8. The van der Waals surface area contributed by atoms with Crippen LogP contribution in [-0.2, 0) is 26.1 Å². The summed E-state index contributed by atoms with van der Waals surface area (Å²) < 4.78 is 34.7. The fourth-order valence-corrected chi connectivity index (χ4v) is 6.72. The molecule has 1 aromatic heterocycles. The smallest absolute Gasteiger partial charge is 0.243 e. The number of anilines is 1. The van der Waals surface area contributed by atoms with E-state index in [1.54, 1.807) is 6.07 Å². The van der Waals surface area contributed by atoms with E-state index in [1.165, 1.54) is 34.3 Å². The lowest BCUT2D eigenvalue weighted by molar-refractivity contribution is -0.113. The normalized spacial score (nSPS) is 14.2. The van der Waals surface area contributed by atoms with Crippen LogP contribution in [0.15, 0.2) is 82.8 Å². The largest absolute Gasteiger partial charge is 0.379 e. The van der Waals surface area contributed by atoms with Crippen LogP contribution in [0.4, 0.5) is 5.69 Å². The predicted molar refractivity (Wildman–Crippen MR) is 156 cm³/mol. The minimum atomic E-state index is -3.75. The molecule has 0 atom stereocenters. The van der Waals surface area contributed by atoms with Crippen molar-refractivity contribution in [1.82, 2.24) is 19.1 Å². The van der Waals surface area contributed by atoms with Crippen molar-refractivity contribution in [3.05, 3.63) is 88.4 Å². The Labute approximate surface area is 246 Å². The maximum atomic E-state index is 13.1. The number of sulfonamides is 1. The average Bonchev–Trinajstić information content (AvgIpc) is 3.36. The molecule has 208 valence electrons. The maximum absolute atomic E-state index is 13.1. The van der Waals surface area contributed by atoms with E-state index < -0.39 is 10.0 Å². The van der Waals surface area contributed by atoms with Crippen molar-refractivity contribution >= 4 is 56.6 Å². The lowest BCUT2D eigenvalue weighted by atomic mass is 10.2. The highest BCUT2D eigenvalue weighted by molar-refractivity contribution is 7.99. The van der Waals surface area contributed by atoms with Gasteiger partial charge in [0.2, 0.25) is 15.9 Å². The van der Waals surface area contributed by atoms with Gasteiger partial charge in [0.25, 0.3) is 0 Å². The van der Waals surface area contributed by atoms with Crippen LogP contribution in [-0.4, -0.2) is 65.5 Å². The maximum Gasteiger partial charge on any atom is 0.243 e. The van der Waals surface area contributed by atoms with Crippen LogP contribution in [0.25, 0.3) is 11.4 Å². The van der Waals surface area contributed by atoms with Crippen molar-refractivity contribution in [1.29, 1.82) is 0 Å². The molecule has 1 amide bonds. The Morgan fingerprint density at radius 1 is 0.950 bits per heavy atom. The molecule has 9 nitrogen and oxygen atoms in total. The first-order chi connectivity index (χ1) is 19.3. The molecule has 13 heteroatoms. The van der Waals surface area contributed by atoms with Crippen LogP contribution in [0, 0.1) is 0 Å². The van der Waals surface area contributed by atoms with E-state index in [0.29, 0.717) is 35.8 Å². The van der Waals surface area contributed by atoms with E-state index >= 15 is 0 Å². The van der Waals surface area contributed by atoms with Gasteiger partial charge in [0.05, 0.1) is 46.1 Å². The molecule has 1 N–H and O–H groups in total. The van der Waals surface area contributed by atoms with Crippen molar-refractivity contribution in [2.45, 2.75) is 16.6 Å². The van der Waals surface area contributed by atoms with Crippen LogP contribution in [0.2, 0.25) is 10.0 Å². The molecule has 1 saturated heterocycles. The van der Waals surface area contributed by atoms with Crippen molar-refractivity contribution in [3.8, 4) is 11.4 Å². The zero-order chi connectivity index (χ0) is 28.1. The summed E-state index contributed by atoms with van der Waals surface area (Å²) in [7, 11) is -3.75. The molecule has 0 unspecified atom stereocenters. The number of carbonyl (C=O) groups excluding carboxylic acids is 1. The standard InChI is InChI=1S/C27H25Cl2N5O4S2/c28-22-9-5-4-8-21(22)26-31-32-27(34(26)17-19-6-2-1-3-7-19)39-18-25(35)30-24-16-20(10-11-23(24)29)40(36,37)33-12-14-38-15-13-33/h1-11,16H,12-15,17-18H2,(H,30,35). The van der Waals surface area contributed by atoms with Crippen LogP contribution >= 0.6 is 35.0 Å². The highest BCUT2D eigenvalue weighted by atomic mass is 35.5. The van der Waals surface area contributed by atoms with Gasteiger partial charge in [-0.25, -0.2) is 8.42 Å². The number of aromatic nitrogens is 3. The molecule has 1 aliphatic heterocycles. The van der Waals surface area contributed by atoms with E-state index in [1.807, 2.05) is 53.1 Å². The van der Waals surface area contributed by atoms with Gasteiger partial charge in [0.1, 0.15) is 0 Å². The number of nitrogens with zero attached hydrogens (tertiary/aromatic N) is 4. The van der Waals surface area contributed by atoms with E-state index in [9.17, 15) is 13.2 Å². The van der Waals surface area contributed by atoms with E-state index in [-0.39, 0.29) is 40.4 Å². The lowest BCUT2D eigenvalue weighted by Gasteiger charge is -2.26. The molecule has 0 bridgehead atoms. The van der Waals surface area contributed by atoms with Crippen LogP contribution in [0.5, 0.6) is 0 Å². The van der Waals surface area contributed by atoms with Crippen molar-refractivity contribution < 1.29 is 17.9 Å². The van der Waals surface area contributed by atoms with Gasteiger partial charge in [-0.15, -0.1) is 10.2 Å². The highest BCUT2D eigenvalue weighted by Gasteiger charge is 2.27. The van der Waals surface area contributed by atoms with Crippen LogP contribution < -0.4 is 5.32 Å². The summed E-state index contributed by atoms with van der Waals surface area (Å²) >= 11 is 14.0. The number of amides is 1. The van der Waals surface area contributed by atoms with Crippen molar-refractivity contribution in [3.63, 3.8) is 0 Å². The van der Waals surface area contributed by atoms with Gasteiger partial charge in [0.15, 0.2) is 11.0 Å². The first kappa shape index (κ1) is 28.6. The Morgan fingerprint density at radius 3 is 2.42 bits per heavy atom. The molecule has 4 aromatic rings. The molecule has 1 aliphatic rings. The first-order valence-corrected chi connectivity index (χ1v) is 15.5. The average molecular weight is 619 g/mol. The molecule has 3 aromatic carbocycles. The second kappa shape index (κ2) is 12.7. The van der Waals surface area contributed by atoms with E-state index in [4.69, 9.17) is 27.9 Å². The summed E-state index contributed by atoms with van der Waals surface area (Å²) in [6, 6.07) is 21.5. The number of rotatable bonds is 9. The molecule has 40 heavy (non-hydrogen) atoms. The number of carbonyl (C=O) groups is 1. The highest BCUT2D eigenvalue weighted by Crippen LogP contribution is 2.31. The number of ether oxygens (including phenoxy) is 1. The number of thioether (sulfide) groups is 1. The van der Waals surface area contributed by atoms with Gasteiger partial charge in [-0.2, -0.15) is 4.31 Å². The minimum Gasteiger partial charge on any atom is -0.379 e. The molecule has 5 rings (SSSR count). The summed E-state index contributed by atoms with van der Waals surface area (Å²) in [5.74, 6) is 0.203. The molecule has 0 radical (unpaired) electrons. The van der Waals surface area contributed by atoms with Crippen LogP contribution in [0.3, 0.4) is 0 Å². The first-order valence-electron chi connectivity index (χ1n) is 12.3. The third-order valence-corrected chi connectivity index (χ3v) is 9.69. The molecule has 0 spiro atoms. The van der Waals surface area contributed by atoms with Crippen LogP contribution in [0.1, 0.15) is 5.56 Å². The Kier molecular flexibility index (Phi) is 9.09. The molecule has 2 heterocycles. The van der Waals surface area contributed by atoms with E-state index in [2.05, 4.69) is 15.5 Å². The zero-order valence-corrected chi connectivity index (χ0v) is 24.3. The van der Waals surface area contributed by atoms with Gasteiger partial charge in [0, 0.05) is 18.7 Å². The fourth-order valence-electron chi connectivity index (χ4n) is 4.16. The van der Waals surface area contributed by atoms with Gasteiger partial charge in [-0.05, 0) is 35.9 Å². The van der Waals surface area contributed by atoms with Gasteiger partial charge >= 0.3 is 0 Å². The SMILES string of the molecule is O=C(CSc1nnc(-c2ccccc2Cl)n1Cc1ccccc1)Nc1cc(S(=O)(=O)N2CCOCC2)ccc1Cl. The van der Waals surface area contributed by atoms with Crippen molar-refractivity contribution in [2.24, 2.45) is 0 Å². The monoisotopic (exact) mass is 617 g/mol. The molecular weight excluding hydrogens is 593 g/mol. The summed E-state index contributed by atoms with van der Waals surface area (Å²) in [6.07, 6.45) is 0. The van der Waals surface area contributed by atoms with E-state index in [0.717, 1.165) is 11.1 Å². The lowest BCUT2D eigenvalue weighted by Crippen LogP contribution is -2.40. The molecule has 0 saturated carbocycles. The number of benzene rings is 3. The van der Waals surface area contributed by atoms with Gasteiger partial charge < -0.3 is 10.1 Å². The topological polar surface area (TPSA) is 106 Å². The molecule has 0 aliphatic carbocycles. The summed E-state index contributed by atoms with van der Waals surface area (Å²) in [5.41, 5.74) is 1.98. The Balaban J connectivity index is 1.34. The third kappa shape index (κ3) is 6.51. The van der Waals surface area contributed by atoms with Gasteiger partial charge in [-0.1, -0.05) is 77.4 Å². The Bertz CT molecular complexity index is 1610. The molecule has 1 fully saturated rings. The Morgan fingerprint density at radius 2 is 1.68 bits per heavy atom. The van der Waals surface area contributed by atoms with Gasteiger partial charge in [-0.3, -0.25) is 9.36 Å². The number of halogens is 2.